The lowest BCUT2D eigenvalue weighted by atomic mass is 9.92. The molecule has 3 aromatic heterocycles. The molecule has 0 aliphatic heterocycles. The Kier molecular flexibility index (Phi) is 5.56. The summed E-state index contributed by atoms with van der Waals surface area (Å²) in [6, 6.07) is 13.0. The number of hydrogen-bond acceptors (Lipinski definition) is 4. The molecule has 0 bridgehead atoms. The molecule has 0 amide bonds. The minimum Gasteiger partial charge on any atom is -0.460 e. The van der Waals surface area contributed by atoms with E-state index < -0.39 is 6.10 Å². The molecule has 3 heterocycles. The Bertz CT molecular complexity index is 1090. The van der Waals surface area contributed by atoms with Gasteiger partial charge in [-0.2, -0.15) is 0 Å². The molecule has 6 heteroatoms. The molecule has 0 aliphatic rings. The van der Waals surface area contributed by atoms with Gasteiger partial charge < -0.3 is 9.52 Å². The molecule has 1 N–H and O–H groups in total. The Hall–Kier alpha value is -2.11. The van der Waals surface area contributed by atoms with Gasteiger partial charge in [-0.25, -0.2) is 0 Å². The van der Waals surface area contributed by atoms with E-state index in [4.69, 9.17) is 27.6 Å². The third-order valence-corrected chi connectivity index (χ3v) is 5.92. The van der Waals surface area contributed by atoms with Crippen LogP contribution in [0.4, 0.5) is 0 Å². The summed E-state index contributed by atoms with van der Waals surface area (Å²) in [6.07, 6.45) is 3.14. The summed E-state index contributed by atoms with van der Waals surface area (Å²) >= 11 is 13.7. The molecular formula is C22H17Cl2NO2S. The van der Waals surface area contributed by atoms with Gasteiger partial charge in [0.15, 0.2) is 0 Å². The summed E-state index contributed by atoms with van der Waals surface area (Å²) in [5.74, 6) is 1.43. The van der Waals surface area contributed by atoms with Gasteiger partial charge in [-0.05, 0) is 42.0 Å². The summed E-state index contributed by atoms with van der Waals surface area (Å²) in [6.45, 7) is 2.03. The lowest BCUT2D eigenvalue weighted by molar-refractivity contribution is 0.220. The van der Waals surface area contributed by atoms with Crippen LogP contribution in [0.2, 0.25) is 9.36 Å². The predicted molar refractivity (Wildman–Crippen MR) is 115 cm³/mol. The molecule has 28 heavy (non-hydrogen) atoms. The maximum absolute atomic E-state index is 11.3. The molecule has 4 rings (SSSR count). The van der Waals surface area contributed by atoms with Crippen molar-refractivity contribution in [3.63, 3.8) is 0 Å². The van der Waals surface area contributed by atoms with Gasteiger partial charge in [0.05, 0.1) is 4.34 Å². The number of furan rings is 1. The predicted octanol–water partition coefficient (Wildman–Crippen LogP) is 7.02. The molecule has 1 unspecified atom stereocenters. The average molecular weight is 430 g/mol. The summed E-state index contributed by atoms with van der Waals surface area (Å²) < 4.78 is 6.95. The number of halogens is 2. The van der Waals surface area contributed by atoms with E-state index in [9.17, 15) is 5.11 Å². The van der Waals surface area contributed by atoms with Crippen molar-refractivity contribution in [2.24, 2.45) is 0 Å². The number of nitrogens with zero attached hydrogens (tertiary/aromatic N) is 1. The molecule has 0 spiro atoms. The minimum atomic E-state index is -0.892. The number of aryl methyl sites for hydroxylation is 1. The zero-order valence-electron chi connectivity index (χ0n) is 15.0. The Balaban J connectivity index is 1.98. The second kappa shape index (κ2) is 8.10. The van der Waals surface area contributed by atoms with E-state index in [1.807, 2.05) is 54.8 Å². The first kappa shape index (κ1) is 19.2. The fraction of sp³-hybridized carbons (Fsp3) is 0.136. The zero-order valence-corrected chi connectivity index (χ0v) is 17.4. The molecule has 1 aromatic carbocycles. The van der Waals surface area contributed by atoms with Gasteiger partial charge in [0.25, 0.3) is 0 Å². The van der Waals surface area contributed by atoms with Gasteiger partial charge in [0.1, 0.15) is 17.6 Å². The Morgan fingerprint density at radius 2 is 1.93 bits per heavy atom. The van der Waals surface area contributed by atoms with Crippen LogP contribution in [-0.4, -0.2) is 10.1 Å². The number of pyridine rings is 1. The third-order valence-electron chi connectivity index (χ3n) is 4.58. The first-order valence-corrected chi connectivity index (χ1v) is 10.5. The molecule has 1 atom stereocenters. The second-order valence-corrected chi connectivity index (χ2v) is 8.31. The van der Waals surface area contributed by atoms with Gasteiger partial charge in [0, 0.05) is 51.5 Å². The lowest BCUT2D eigenvalue weighted by Crippen LogP contribution is -2.02. The number of aliphatic hydroxyl groups is 1. The number of rotatable bonds is 5. The first-order valence-electron chi connectivity index (χ1n) is 8.82. The highest BCUT2D eigenvalue weighted by atomic mass is 35.5. The van der Waals surface area contributed by atoms with Crippen molar-refractivity contribution in [3.8, 4) is 22.5 Å². The highest BCUT2D eigenvalue weighted by Crippen LogP contribution is 2.45. The maximum Gasteiger partial charge on any atom is 0.141 e. The number of aromatic nitrogens is 1. The topological polar surface area (TPSA) is 46.3 Å². The van der Waals surface area contributed by atoms with Crippen LogP contribution in [0.5, 0.6) is 0 Å². The Labute approximate surface area is 177 Å². The van der Waals surface area contributed by atoms with E-state index >= 15 is 0 Å². The van der Waals surface area contributed by atoms with Crippen LogP contribution in [-0.2, 0) is 6.42 Å². The third kappa shape index (κ3) is 3.61. The first-order chi connectivity index (χ1) is 13.6. The van der Waals surface area contributed by atoms with E-state index in [1.165, 1.54) is 11.3 Å². The molecule has 0 saturated carbocycles. The number of benzene rings is 1. The van der Waals surface area contributed by atoms with Crippen molar-refractivity contribution < 1.29 is 9.52 Å². The summed E-state index contributed by atoms with van der Waals surface area (Å²) in [7, 11) is 0. The van der Waals surface area contributed by atoms with Crippen molar-refractivity contribution in [1.82, 2.24) is 4.98 Å². The van der Waals surface area contributed by atoms with Gasteiger partial charge in [-0.15, -0.1) is 11.3 Å². The van der Waals surface area contributed by atoms with Crippen LogP contribution in [0, 0.1) is 0 Å². The molecule has 0 radical (unpaired) electrons. The highest BCUT2D eigenvalue weighted by molar-refractivity contribution is 7.14. The molecule has 0 saturated heterocycles. The molecular weight excluding hydrogens is 413 g/mol. The normalized spacial score (nSPS) is 12.3. The van der Waals surface area contributed by atoms with E-state index in [0.717, 1.165) is 22.5 Å². The Morgan fingerprint density at radius 1 is 1.14 bits per heavy atom. The van der Waals surface area contributed by atoms with Crippen LogP contribution in [0.25, 0.3) is 22.5 Å². The van der Waals surface area contributed by atoms with E-state index in [2.05, 4.69) is 4.98 Å². The quantitative estimate of drug-likeness (QED) is 0.370. The molecule has 142 valence electrons. The molecule has 4 aromatic rings. The summed E-state index contributed by atoms with van der Waals surface area (Å²) in [5, 5.41) is 13.9. The smallest absolute Gasteiger partial charge is 0.141 e. The van der Waals surface area contributed by atoms with E-state index in [0.29, 0.717) is 32.7 Å². The van der Waals surface area contributed by atoms with Crippen molar-refractivity contribution >= 4 is 34.5 Å². The monoisotopic (exact) mass is 429 g/mol. The molecule has 3 nitrogen and oxygen atoms in total. The standard InChI is InChI=1S/C22H17Cl2NO2S/c1-2-17-19(15-10-18(24)28-12-15)20(21(26)14-4-3-9-25-11-14)22(27-17)13-5-7-16(23)8-6-13/h3-12,21,26H,2H2,1H3. The van der Waals surface area contributed by atoms with Gasteiger partial charge in [0.2, 0.25) is 0 Å². The van der Waals surface area contributed by atoms with Crippen LogP contribution in [0.15, 0.2) is 64.7 Å². The van der Waals surface area contributed by atoms with Crippen LogP contribution in [0.3, 0.4) is 0 Å². The molecule has 0 aliphatic carbocycles. The second-order valence-electron chi connectivity index (χ2n) is 6.33. The highest BCUT2D eigenvalue weighted by Gasteiger charge is 2.28. The van der Waals surface area contributed by atoms with Crippen molar-refractivity contribution in [1.29, 1.82) is 0 Å². The van der Waals surface area contributed by atoms with Crippen LogP contribution >= 0.6 is 34.5 Å². The fourth-order valence-electron chi connectivity index (χ4n) is 3.28. The van der Waals surface area contributed by atoms with Crippen LogP contribution in [0.1, 0.15) is 29.9 Å². The SMILES string of the molecule is CCc1oc(-c2ccc(Cl)cc2)c(C(O)c2cccnc2)c1-c1csc(Cl)c1. The van der Waals surface area contributed by atoms with Crippen molar-refractivity contribution in [3.05, 3.63) is 86.5 Å². The number of aliphatic hydroxyl groups excluding tert-OH is 1. The van der Waals surface area contributed by atoms with E-state index in [1.54, 1.807) is 12.4 Å². The van der Waals surface area contributed by atoms with Crippen molar-refractivity contribution in [2.75, 3.05) is 0 Å². The number of thiophene rings is 1. The maximum atomic E-state index is 11.3. The zero-order chi connectivity index (χ0) is 19.7. The van der Waals surface area contributed by atoms with Gasteiger partial charge in [-0.1, -0.05) is 36.2 Å². The van der Waals surface area contributed by atoms with Gasteiger partial charge in [-0.3, -0.25) is 4.98 Å². The largest absolute Gasteiger partial charge is 0.460 e. The Morgan fingerprint density at radius 3 is 2.54 bits per heavy atom. The van der Waals surface area contributed by atoms with Crippen LogP contribution < -0.4 is 0 Å². The van der Waals surface area contributed by atoms with Crippen molar-refractivity contribution in [2.45, 2.75) is 19.4 Å². The lowest BCUT2D eigenvalue weighted by Gasteiger charge is -2.14. The minimum absolute atomic E-state index is 0.627. The average Bonchev–Trinajstić information content (AvgIpc) is 3.32. The van der Waals surface area contributed by atoms with Gasteiger partial charge >= 0.3 is 0 Å². The summed E-state index contributed by atoms with van der Waals surface area (Å²) in [4.78, 5) is 4.15. The number of hydrogen-bond donors (Lipinski definition) is 1. The fourth-order valence-corrected chi connectivity index (χ4v) is 4.28. The van der Waals surface area contributed by atoms with E-state index in [-0.39, 0.29) is 0 Å². The summed E-state index contributed by atoms with van der Waals surface area (Å²) in [5.41, 5.74) is 4.08. The molecule has 0 fully saturated rings.